The number of hydrogen-bond acceptors (Lipinski definition) is 2. The predicted molar refractivity (Wildman–Crippen MR) is 61.5 cm³/mol. The molecule has 0 bridgehead atoms. The van der Waals surface area contributed by atoms with Gasteiger partial charge < -0.3 is 15.0 Å². The number of rotatable bonds is 3. The van der Waals surface area contributed by atoms with Crippen LogP contribution < -0.4 is 15.0 Å². The minimum Gasteiger partial charge on any atom is -0.480 e. The van der Waals surface area contributed by atoms with Gasteiger partial charge in [0.05, 0.1) is 19.3 Å². The normalized spacial score (nSPS) is 19.6. The van der Waals surface area contributed by atoms with Crippen molar-refractivity contribution in [3.8, 4) is 5.75 Å². The van der Waals surface area contributed by atoms with Gasteiger partial charge in [-0.2, -0.15) is 0 Å². The molecule has 3 heteroatoms. The Labute approximate surface area is 91.0 Å². The van der Waals surface area contributed by atoms with E-state index >= 15 is 0 Å². The zero-order valence-electron chi connectivity index (χ0n) is 9.44. The van der Waals surface area contributed by atoms with E-state index in [4.69, 9.17) is 4.74 Å². The summed E-state index contributed by atoms with van der Waals surface area (Å²) in [6.45, 7) is 5.25. The molecule has 0 unspecified atom stereocenters. The van der Waals surface area contributed by atoms with Gasteiger partial charge in [0.1, 0.15) is 12.3 Å². The molecule has 0 aliphatic carbocycles. The highest BCUT2D eigenvalue weighted by molar-refractivity contribution is 5.59. The lowest BCUT2D eigenvalue weighted by Crippen LogP contribution is -2.83. The van der Waals surface area contributed by atoms with Gasteiger partial charge in [-0.15, -0.1) is 0 Å². The Morgan fingerprint density at radius 1 is 1.47 bits per heavy atom. The fourth-order valence-corrected chi connectivity index (χ4v) is 2.06. The molecule has 1 aliphatic rings. The Morgan fingerprint density at radius 2 is 2.27 bits per heavy atom. The number of para-hydroxylation sites is 2. The van der Waals surface area contributed by atoms with Crippen LogP contribution in [0, 0.1) is 0 Å². The first-order valence-corrected chi connectivity index (χ1v) is 5.63. The van der Waals surface area contributed by atoms with Gasteiger partial charge in [0.15, 0.2) is 6.10 Å². The number of fused-ring (bicyclic) bond motifs is 1. The van der Waals surface area contributed by atoms with Crippen LogP contribution in [0.2, 0.25) is 0 Å². The molecule has 3 nitrogen and oxygen atoms in total. The van der Waals surface area contributed by atoms with Crippen molar-refractivity contribution in [1.82, 2.24) is 0 Å². The molecule has 1 heterocycles. The van der Waals surface area contributed by atoms with E-state index in [0.29, 0.717) is 6.10 Å². The van der Waals surface area contributed by atoms with Crippen molar-refractivity contribution in [2.24, 2.45) is 0 Å². The number of hydrogen-bond donors (Lipinski definition) is 1. The van der Waals surface area contributed by atoms with Gasteiger partial charge in [0.25, 0.3) is 0 Å². The quantitative estimate of drug-likeness (QED) is 0.780. The summed E-state index contributed by atoms with van der Waals surface area (Å²) in [5, 5.41) is 2.17. The summed E-state index contributed by atoms with van der Waals surface area (Å²) in [4.78, 5) is 2.38. The van der Waals surface area contributed by atoms with Crippen LogP contribution in [0.3, 0.4) is 0 Å². The van der Waals surface area contributed by atoms with E-state index in [1.807, 2.05) is 6.07 Å². The molecule has 15 heavy (non-hydrogen) atoms. The molecule has 2 N–H and O–H groups in total. The minimum absolute atomic E-state index is 0.310. The van der Waals surface area contributed by atoms with Crippen molar-refractivity contribution in [1.29, 1.82) is 0 Å². The van der Waals surface area contributed by atoms with E-state index in [-0.39, 0.29) is 0 Å². The molecule has 0 saturated heterocycles. The van der Waals surface area contributed by atoms with E-state index in [1.165, 1.54) is 5.69 Å². The monoisotopic (exact) mass is 207 g/mol. The lowest BCUT2D eigenvalue weighted by molar-refractivity contribution is -0.632. The third-order valence-electron chi connectivity index (χ3n) is 2.80. The number of benzene rings is 1. The highest BCUT2D eigenvalue weighted by Crippen LogP contribution is 2.32. The molecule has 0 spiro atoms. The Balaban J connectivity index is 2.22. The van der Waals surface area contributed by atoms with Crippen molar-refractivity contribution in [3.63, 3.8) is 0 Å². The molecule has 1 atom stereocenters. The molecular weight excluding hydrogens is 188 g/mol. The van der Waals surface area contributed by atoms with Crippen molar-refractivity contribution < 1.29 is 10.1 Å². The highest BCUT2D eigenvalue weighted by atomic mass is 16.5. The standard InChI is InChI=1S/C12H18N2O/c1-3-14-9-10(8-13-2)15-12-7-5-4-6-11(12)14/h4-7,10,13H,3,8-9H2,1-2H3/p+1/t10-/m0/s1. The van der Waals surface area contributed by atoms with Gasteiger partial charge in [-0.05, 0) is 19.1 Å². The maximum Gasteiger partial charge on any atom is 0.165 e. The zero-order valence-corrected chi connectivity index (χ0v) is 9.44. The van der Waals surface area contributed by atoms with Gasteiger partial charge in [0.2, 0.25) is 0 Å². The Morgan fingerprint density at radius 3 is 3.00 bits per heavy atom. The number of likely N-dealkylation sites (N-methyl/N-ethyl adjacent to an activating group) is 2. The van der Waals surface area contributed by atoms with Crippen LogP contribution in [-0.2, 0) is 0 Å². The zero-order chi connectivity index (χ0) is 10.7. The van der Waals surface area contributed by atoms with Gasteiger partial charge >= 0.3 is 0 Å². The molecule has 0 radical (unpaired) electrons. The smallest absolute Gasteiger partial charge is 0.165 e. The third-order valence-corrected chi connectivity index (χ3v) is 2.80. The molecule has 1 aliphatic heterocycles. The van der Waals surface area contributed by atoms with Crippen LogP contribution in [0.15, 0.2) is 24.3 Å². The van der Waals surface area contributed by atoms with Crippen LogP contribution in [0.4, 0.5) is 5.69 Å². The second kappa shape index (κ2) is 4.53. The Bertz CT molecular complexity index is 327. The van der Waals surface area contributed by atoms with Crippen molar-refractivity contribution >= 4 is 5.69 Å². The third kappa shape index (κ3) is 2.07. The lowest BCUT2D eigenvalue weighted by Gasteiger charge is -2.34. The molecular formula is C12H19N2O+. The molecule has 1 aromatic carbocycles. The van der Waals surface area contributed by atoms with E-state index in [2.05, 4.69) is 42.4 Å². The first-order valence-electron chi connectivity index (χ1n) is 5.63. The molecule has 0 fully saturated rings. The Hall–Kier alpha value is -1.22. The highest BCUT2D eigenvalue weighted by Gasteiger charge is 2.24. The molecule has 82 valence electrons. The maximum atomic E-state index is 5.93. The van der Waals surface area contributed by atoms with Gasteiger partial charge in [-0.1, -0.05) is 12.1 Å². The number of ether oxygens (including phenoxy) is 1. The summed E-state index contributed by atoms with van der Waals surface area (Å²) in [6.07, 6.45) is 0.310. The first kappa shape index (κ1) is 10.3. The van der Waals surface area contributed by atoms with E-state index in [9.17, 15) is 0 Å². The second-order valence-electron chi connectivity index (χ2n) is 3.89. The van der Waals surface area contributed by atoms with Crippen molar-refractivity contribution in [2.45, 2.75) is 13.0 Å². The van der Waals surface area contributed by atoms with E-state index in [0.717, 1.165) is 25.4 Å². The molecule has 2 rings (SSSR count). The molecule has 0 saturated carbocycles. The summed E-state index contributed by atoms with van der Waals surface area (Å²) in [5.74, 6) is 1.03. The minimum atomic E-state index is 0.310. The number of nitrogens with two attached hydrogens (primary N) is 1. The molecule has 0 aromatic heterocycles. The van der Waals surface area contributed by atoms with Gasteiger partial charge in [-0.3, -0.25) is 0 Å². The van der Waals surface area contributed by atoms with Crippen molar-refractivity contribution in [2.75, 3.05) is 31.6 Å². The summed E-state index contributed by atoms with van der Waals surface area (Å²) in [5.41, 5.74) is 1.23. The number of quaternary nitrogens is 1. The van der Waals surface area contributed by atoms with E-state index in [1.54, 1.807) is 0 Å². The van der Waals surface area contributed by atoms with Crippen LogP contribution in [-0.4, -0.2) is 32.8 Å². The van der Waals surface area contributed by atoms with E-state index < -0.39 is 0 Å². The van der Waals surface area contributed by atoms with Crippen LogP contribution >= 0.6 is 0 Å². The summed E-state index contributed by atoms with van der Waals surface area (Å²) in [7, 11) is 2.08. The molecule has 1 aromatic rings. The summed E-state index contributed by atoms with van der Waals surface area (Å²) in [6, 6.07) is 8.28. The maximum absolute atomic E-state index is 5.93. The fourth-order valence-electron chi connectivity index (χ4n) is 2.06. The molecule has 0 amide bonds. The summed E-state index contributed by atoms with van der Waals surface area (Å²) < 4.78 is 5.93. The average molecular weight is 207 g/mol. The number of anilines is 1. The van der Waals surface area contributed by atoms with Gasteiger partial charge in [-0.25, -0.2) is 0 Å². The second-order valence-corrected chi connectivity index (χ2v) is 3.89. The van der Waals surface area contributed by atoms with Crippen LogP contribution in [0.25, 0.3) is 0 Å². The van der Waals surface area contributed by atoms with Crippen LogP contribution in [0.1, 0.15) is 6.92 Å². The number of nitrogens with zero attached hydrogens (tertiary/aromatic N) is 1. The van der Waals surface area contributed by atoms with Crippen LogP contribution in [0.5, 0.6) is 5.75 Å². The first-order chi connectivity index (χ1) is 7.35. The fraction of sp³-hybridized carbons (Fsp3) is 0.500. The largest absolute Gasteiger partial charge is 0.480 e. The SMILES string of the molecule is CCN1C[C@H](C[NH2+]C)Oc2ccccc21. The average Bonchev–Trinajstić information content (AvgIpc) is 2.28. The van der Waals surface area contributed by atoms with Gasteiger partial charge in [0, 0.05) is 6.54 Å². The lowest BCUT2D eigenvalue weighted by atomic mass is 10.2. The topological polar surface area (TPSA) is 29.1 Å². The Kier molecular flexibility index (Phi) is 3.11. The van der Waals surface area contributed by atoms with Crippen molar-refractivity contribution in [3.05, 3.63) is 24.3 Å². The predicted octanol–water partition coefficient (Wildman–Crippen LogP) is 0.467. The summed E-state index contributed by atoms with van der Waals surface area (Å²) >= 11 is 0.